The molecular formula is C27H25ClF4N2O5. The van der Waals surface area contributed by atoms with Crippen LogP contribution in [0.2, 0.25) is 5.02 Å². The number of hydrogen-bond donors (Lipinski definition) is 1. The first-order valence-electron chi connectivity index (χ1n) is 11.7. The summed E-state index contributed by atoms with van der Waals surface area (Å²) in [5.74, 6) is -0.628. The molecule has 0 bridgehead atoms. The third-order valence-electron chi connectivity index (χ3n) is 6.39. The predicted molar refractivity (Wildman–Crippen MR) is 135 cm³/mol. The lowest BCUT2D eigenvalue weighted by molar-refractivity contribution is -0.184. The van der Waals surface area contributed by atoms with Gasteiger partial charge in [0.2, 0.25) is 0 Å². The van der Waals surface area contributed by atoms with E-state index in [9.17, 15) is 22.4 Å². The minimum atomic E-state index is -4.81. The van der Waals surface area contributed by atoms with Gasteiger partial charge in [0.05, 0.1) is 38.1 Å². The second-order valence-electron chi connectivity index (χ2n) is 9.03. The maximum Gasteiger partial charge on any atom is 0.401 e. The number of alkyl halides is 3. The van der Waals surface area contributed by atoms with Gasteiger partial charge >= 0.3 is 6.18 Å². The molecule has 12 heteroatoms. The second kappa shape index (κ2) is 11.3. The number of nitrogens with one attached hydrogen (secondary N) is 1. The highest BCUT2D eigenvalue weighted by Crippen LogP contribution is 2.42. The first-order chi connectivity index (χ1) is 18.5. The molecule has 208 valence electrons. The van der Waals surface area contributed by atoms with Crippen LogP contribution in [0.3, 0.4) is 0 Å². The van der Waals surface area contributed by atoms with Crippen molar-refractivity contribution in [2.24, 2.45) is 0 Å². The zero-order valence-corrected chi connectivity index (χ0v) is 22.0. The van der Waals surface area contributed by atoms with Crippen molar-refractivity contribution in [1.29, 1.82) is 0 Å². The third kappa shape index (κ3) is 5.89. The average Bonchev–Trinajstić information content (AvgIpc) is 2.89. The molecule has 0 aliphatic carbocycles. The Morgan fingerprint density at radius 3 is 2.33 bits per heavy atom. The van der Waals surface area contributed by atoms with E-state index in [2.05, 4.69) is 10.3 Å². The van der Waals surface area contributed by atoms with Crippen LogP contribution in [0.1, 0.15) is 23.0 Å². The zero-order chi connectivity index (χ0) is 28.4. The molecule has 2 heterocycles. The molecule has 1 atom stereocenters. The summed E-state index contributed by atoms with van der Waals surface area (Å²) < 4.78 is 78.4. The fraction of sp³-hybridized carbons (Fsp3) is 0.333. The molecule has 1 aromatic heterocycles. The molecule has 1 aliphatic heterocycles. The molecule has 4 rings (SSSR count). The van der Waals surface area contributed by atoms with E-state index in [1.54, 1.807) is 0 Å². The topological polar surface area (TPSA) is 78.9 Å². The van der Waals surface area contributed by atoms with Crippen molar-refractivity contribution in [2.45, 2.75) is 24.6 Å². The van der Waals surface area contributed by atoms with Crippen LogP contribution in [0.4, 0.5) is 17.6 Å². The average molecular weight is 569 g/mol. The largest absolute Gasteiger partial charge is 0.494 e. The monoisotopic (exact) mass is 568 g/mol. The summed E-state index contributed by atoms with van der Waals surface area (Å²) in [6.45, 7) is 0.966. The Balaban J connectivity index is 1.61. The van der Waals surface area contributed by atoms with Gasteiger partial charge in [0.1, 0.15) is 28.8 Å². The summed E-state index contributed by atoms with van der Waals surface area (Å²) in [6.07, 6.45) is -4.95. The summed E-state index contributed by atoms with van der Waals surface area (Å²) in [7, 11) is 2.72. The van der Waals surface area contributed by atoms with E-state index in [1.165, 1.54) is 56.7 Å². The molecule has 7 nitrogen and oxygen atoms in total. The van der Waals surface area contributed by atoms with Crippen LogP contribution >= 0.6 is 11.6 Å². The number of benzene rings is 2. The van der Waals surface area contributed by atoms with Gasteiger partial charge in [-0.1, -0.05) is 11.6 Å². The highest BCUT2D eigenvalue weighted by atomic mass is 35.5. The van der Waals surface area contributed by atoms with Gasteiger partial charge in [-0.25, -0.2) is 9.37 Å². The molecule has 1 saturated heterocycles. The zero-order valence-electron chi connectivity index (χ0n) is 21.2. The first kappa shape index (κ1) is 28.4. The Kier molecular flexibility index (Phi) is 8.22. The minimum Gasteiger partial charge on any atom is -0.494 e. The van der Waals surface area contributed by atoms with Gasteiger partial charge in [0.15, 0.2) is 11.5 Å². The fourth-order valence-corrected chi connectivity index (χ4v) is 4.01. The molecule has 1 N–H and O–H groups in total. The maximum atomic E-state index is 14.5. The van der Waals surface area contributed by atoms with E-state index >= 15 is 0 Å². The predicted octanol–water partition coefficient (Wildman–Crippen LogP) is 5.59. The molecular weight excluding hydrogens is 544 g/mol. The number of rotatable bonds is 9. The Hall–Kier alpha value is -3.57. The van der Waals surface area contributed by atoms with Gasteiger partial charge in [-0.2, -0.15) is 13.2 Å². The van der Waals surface area contributed by atoms with Gasteiger partial charge in [-0.3, -0.25) is 4.79 Å². The van der Waals surface area contributed by atoms with Crippen LogP contribution in [0.15, 0.2) is 48.5 Å². The standard InChI is InChI=1S/C27H25ClF4N2O5/c1-26(27(30,31)32,23-9-8-21(36-2)24(34-23)15-4-6-19(29)18(28)10-15)14-33-25(35)16-5-7-20(22(11-16)37-3)39-17-12-38-13-17/h4-11,17H,12-14H2,1-3H3,(H,33,35). The minimum absolute atomic E-state index is 0.0379. The summed E-state index contributed by atoms with van der Waals surface area (Å²) in [5, 5.41) is 2.14. The van der Waals surface area contributed by atoms with Crippen molar-refractivity contribution in [2.75, 3.05) is 34.0 Å². The molecule has 0 spiro atoms. The molecule has 1 fully saturated rings. The van der Waals surface area contributed by atoms with Gasteiger partial charge in [0.25, 0.3) is 5.91 Å². The molecule has 2 aromatic carbocycles. The van der Waals surface area contributed by atoms with Crippen molar-refractivity contribution in [1.82, 2.24) is 10.3 Å². The van der Waals surface area contributed by atoms with Crippen LogP contribution < -0.4 is 19.5 Å². The molecule has 3 aromatic rings. The van der Waals surface area contributed by atoms with Gasteiger partial charge in [-0.15, -0.1) is 0 Å². The molecule has 0 saturated carbocycles. The fourth-order valence-electron chi connectivity index (χ4n) is 3.83. The van der Waals surface area contributed by atoms with E-state index < -0.39 is 29.9 Å². The summed E-state index contributed by atoms with van der Waals surface area (Å²) >= 11 is 5.88. The number of amides is 1. The van der Waals surface area contributed by atoms with Crippen molar-refractivity contribution < 1.29 is 41.3 Å². The van der Waals surface area contributed by atoms with E-state index in [-0.39, 0.29) is 45.1 Å². The number of nitrogens with zero attached hydrogens (tertiary/aromatic N) is 1. The van der Waals surface area contributed by atoms with Gasteiger partial charge < -0.3 is 24.3 Å². The number of pyridine rings is 1. The van der Waals surface area contributed by atoms with E-state index in [4.69, 9.17) is 30.5 Å². The van der Waals surface area contributed by atoms with Crippen molar-refractivity contribution in [3.05, 3.63) is 70.6 Å². The normalized spacial score (nSPS) is 15.2. The Bertz CT molecular complexity index is 1370. The number of halogens is 5. The van der Waals surface area contributed by atoms with Crippen molar-refractivity contribution >= 4 is 17.5 Å². The number of carbonyl (C=O) groups is 1. The number of carbonyl (C=O) groups excluding carboxylic acids is 1. The highest BCUT2D eigenvalue weighted by molar-refractivity contribution is 6.31. The SMILES string of the molecule is COc1cc(C(=O)NCC(C)(c2ccc(OC)c(-c3ccc(F)c(Cl)c3)n2)C(F)(F)F)ccc1OC1COC1. The molecule has 39 heavy (non-hydrogen) atoms. The van der Waals surface area contributed by atoms with Crippen molar-refractivity contribution in [3.63, 3.8) is 0 Å². The summed E-state index contributed by atoms with van der Waals surface area (Å²) in [4.78, 5) is 17.1. The Morgan fingerprint density at radius 1 is 1.05 bits per heavy atom. The summed E-state index contributed by atoms with van der Waals surface area (Å²) in [5.41, 5.74) is -2.59. The first-order valence-corrected chi connectivity index (χ1v) is 12.1. The van der Waals surface area contributed by atoms with Crippen LogP contribution in [0.25, 0.3) is 11.3 Å². The van der Waals surface area contributed by atoms with Gasteiger partial charge in [-0.05, 0) is 55.5 Å². The van der Waals surface area contributed by atoms with Crippen LogP contribution in [0, 0.1) is 5.82 Å². The lowest BCUT2D eigenvalue weighted by Crippen LogP contribution is -2.49. The summed E-state index contributed by atoms with van der Waals surface area (Å²) in [6, 6.07) is 10.5. The van der Waals surface area contributed by atoms with Crippen LogP contribution in [0.5, 0.6) is 17.2 Å². The van der Waals surface area contributed by atoms with Gasteiger partial charge in [0, 0.05) is 17.7 Å². The molecule has 0 radical (unpaired) electrons. The third-order valence-corrected chi connectivity index (χ3v) is 6.68. The number of hydrogen-bond acceptors (Lipinski definition) is 6. The molecule has 1 amide bonds. The van der Waals surface area contributed by atoms with Crippen molar-refractivity contribution in [3.8, 4) is 28.5 Å². The second-order valence-corrected chi connectivity index (χ2v) is 9.44. The number of aromatic nitrogens is 1. The highest BCUT2D eigenvalue weighted by Gasteiger charge is 2.53. The lowest BCUT2D eigenvalue weighted by Gasteiger charge is -2.32. The molecule has 1 aliphatic rings. The molecule has 1 unspecified atom stereocenters. The van der Waals surface area contributed by atoms with E-state index in [0.29, 0.717) is 19.0 Å². The van der Waals surface area contributed by atoms with Crippen LogP contribution in [-0.2, 0) is 10.2 Å². The Morgan fingerprint density at radius 2 is 1.74 bits per heavy atom. The Labute approximate surface area is 227 Å². The van der Waals surface area contributed by atoms with E-state index in [1.807, 2.05) is 0 Å². The number of methoxy groups -OCH3 is 2. The maximum absolute atomic E-state index is 14.5. The quantitative estimate of drug-likeness (QED) is 0.339. The number of ether oxygens (including phenoxy) is 4. The smallest absolute Gasteiger partial charge is 0.401 e. The van der Waals surface area contributed by atoms with E-state index in [0.717, 1.165) is 13.0 Å². The van der Waals surface area contributed by atoms with Crippen LogP contribution in [-0.4, -0.2) is 57.1 Å². The lowest BCUT2D eigenvalue weighted by atomic mass is 9.84.